The SMILES string of the molecule is CN(C)S(=O)(=O)c1cccc(CSCc2noc(-c3cccs3)n2)c1. The first kappa shape index (κ1) is 18.1. The van der Waals surface area contributed by atoms with Gasteiger partial charge >= 0.3 is 0 Å². The quantitative estimate of drug-likeness (QED) is 0.610. The van der Waals surface area contributed by atoms with Crippen molar-refractivity contribution < 1.29 is 12.9 Å². The van der Waals surface area contributed by atoms with Crippen LogP contribution in [0.1, 0.15) is 11.4 Å². The predicted octanol–water partition coefficient (Wildman–Crippen LogP) is 3.48. The molecule has 2 aromatic heterocycles. The lowest BCUT2D eigenvalue weighted by atomic mass is 10.2. The number of rotatable bonds is 7. The Balaban J connectivity index is 1.61. The second-order valence-corrected chi connectivity index (χ2v) is 9.51. The van der Waals surface area contributed by atoms with Gasteiger partial charge in [-0.3, -0.25) is 0 Å². The molecule has 0 N–H and O–H groups in total. The van der Waals surface area contributed by atoms with Gasteiger partial charge in [0.05, 0.1) is 15.5 Å². The minimum absolute atomic E-state index is 0.301. The minimum Gasteiger partial charge on any atom is -0.333 e. The molecule has 0 aliphatic rings. The van der Waals surface area contributed by atoms with Crippen molar-refractivity contribution in [3.63, 3.8) is 0 Å². The molecule has 0 spiro atoms. The molecule has 1 aromatic carbocycles. The summed E-state index contributed by atoms with van der Waals surface area (Å²) in [5.74, 6) is 2.43. The van der Waals surface area contributed by atoms with E-state index in [2.05, 4.69) is 10.1 Å². The number of sulfonamides is 1. The molecule has 0 bridgehead atoms. The van der Waals surface area contributed by atoms with Crippen molar-refractivity contribution in [2.75, 3.05) is 14.1 Å². The van der Waals surface area contributed by atoms with Crippen molar-refractivity contribution in [3.05, 3.63) is 53.2 Å². The fourth-order valence-corrected chi connectivity index (χ4v) is 4.51. The average Bonchev–Trinajstić information content (AvgIpc) is 3.26. The number of hydrogen-bond acceptors (Lipinski definition) is 7. The summed E-state index contributed by atoms with van der Waals surface area (Å²) in [6.45, 7) is 0. The largest absolute Gasteiger partial charge is 0.333 e. The maximum atomic E-state index is 12.2. The van der Waals surface area contributed by atoms with Crippen molar-refractivity contribution in [1.29, 1.82) is 0 Å². The standard InChI is InChI=1S/C16H17N3O3S3/c1-19(2)25(20,21)13-6-3-5-12(9-13)10-23-11-15-17-16(22-18-15)14-7-4-8-24-14/h3-9H,10-11H2,1-2H3. The van der Waals surface area contributed by atoms with Crippen LogP contribution in [-0.2, 0) is 21.5 Å². The lowest BCUT2D eigenvalue weighted by Gasteiger charge is -2.12. The van der Waals surface area contributed by atoms with Crippen LogP contribution in [0.4, 0.5) is 0 Å². The number of nitrogens with zero attached hydrogens (tertiary/aromatic N) is 3. The van der Waals surface area contributed by atoms with Crippen LogP contribution in [0.3, 0.4) is 0 Å². The highest BCUT2D eigenvalue weighted by atomic mass is 32.2. The second kappa shape index (κ2) is 7.69. The third-order valence-electron chi connectivity index (χ3n) is 3.38. The molecule has 6 nitrogen and oxygen atoms in total. The van der Waals surface area contributed by atoms with Gasteiger partial charge in [-0.15, -0.1) is 23.1 Å². The summed E-state index contributed by atoms with van der Waals surface area (Å²) >= 11 is 3.16. The minimum atomic E-state index is -3.41. The molecule has 2 heterocycles. The summed E-state index contributed by atoms with van der Waals surface area (Å²) in [5.41, 5.74) is 0.940. The molecule has 0 aliphatic carbocycles. The Hall–Kier alpha value is -1.68. The average molecular weight is 396 g/mol. The van der Waals surface area contributed by atoms with Gasteiger partial charge in [-0.05, 0) is 29.1 Å². The molecule has 3 rings (SSSR count). The highest BCUT2D eigenvalue weighted by Gasteiger charge is 2.17. The molecule has 0 amide bonds. The number of thiophene rings is 1. The molecule has 0 atom stereocenters. The van der Waals surface area contributed by atoms with Crippen LogP contribution < -0.4 is 0 Å². The number of aromatic nitrogens is 2. The van der Waals surface area contributed by atoms with Crippen molar-refractivity contribution in [1.82, 2.24) is 14.4 Å². The van der Waals surface area contributed by atoms with E-state index in [1.807, 2.05) is 23.6 Å². The van der Waals surface area contributed by atoms with Gasteiger partial charge in [-0.2, -0.15) is 4.98 Å². The Labute approximate surface area is 154 Å². The first-order valence-corrected chi connectivity index (χ1v) is 10.9. The van der Waals surface area contributed by atoms with Crippen LogP contribution in [0.15, 0.2) is 51.2 Å². The lowest BCUT2D eigenvalue weighted by Crippen LogP contribution is -2.22. The first-order valence-electron chi connectivity index (χ1n) is 7.42. The van der Waals surface area contributed by atoms with Gasteiger partial charge < -0.3 is 4.52 Å². The molecule has 25 heavy (non-hydrogen) atoms. The van der Waals surface area contributed by atoms with Gasteiger partial charge in [0, 0.05) is 19.8 Å². The van der Waals surface area contributed by atoms with E-state index in [1.165, 1.54) is 18.4 Å². The molecule has 3 aromatic rings. The molecule has 0 unspecified atom stereocenters. The molecular formula is C16H17N3O3S3. The van der Waals surface area contributed by atoms with Crippen molar-refractivity contribution in [2.24, 2.45) is 0 Å². The van der Waals surface area contributed by atoms with Crippen molar-refractivity contribution in [2.45, 2.75) is 16.4 Å². The molecule has 0 aliphatic heterocycles. The van der Waals surface area contributed by atoms with Gasteiger partial charge in [0.25, 0.3) is 5.89 Å². The molecule has 0 saturated carbocycles. The highest BCUT2D eigenvalue weighted by Crippen LogP contribution is 2.24. The van der Waals surface area contributed by atoms with Crippen LogP contribution >= 0.6 is 23.1 Å². The maximum Gasteiger partial charge on any atom is 0.268 e. The van der Waals surface area contributed by atoms with E-state index in [4.69, 9.17) is 4.52 Å². The van der Waals surface area contributed by atoms with E-state index in [9.17, 15) is 8.42 Å². The number of benzene rings is 1. The van der Waals surface area contributed by atoms with Gasteiger partial charge in [0.1, 0.15) is 0 Å². The zero-order valence-corrected chi connectivity index (χ0v) is 16.2. The van der Waals surface area contributed by atoms with E-state index in [1.54, 1.807) is 41.3 Å². The van der Waals surface area contributed by atoms with Crippen LogP contribution in [0.5, 0.6) is 0 Å². The van der Waals surface area contributed by atoms with Crippen LogP contribution in [-0.4, -0.2) is 37.0 Å². The van der Waals surface area contributed by atoms with Crippen LogP contribution in [0.25, 0.3) is 10.8 Å². The van der Waals surface area contributed by atoms with Crippen molar-refractivity contribution in [3.8, 4) is 10.8 Å². The molecule has 132 valence electrons. The summed E-state index contributed by atoms with van der Waals surface area (Å²) in [6.07, 6.45) is 0. The molecule has 0 radical (unpaired) electrons. The maximum absolute atomic E-state index is 12.2. The first-order chi connectivity index (χ1) is 12.0. The van der Waals surface area contributed by atoms with Crippen LogP contribution in [0.2, 0.25) is 0 Å². The van der Waals surface area contributed by atoms with E-state index in [0.717, 1.165) is 10.4 Å². The zero-order chi connectivity index (χ0) is 17.9. The summed E-state index contributed by atoms with van der Waals surface area (Å²) < 4.78 is 30.8. The number of hydrogen-bond donors (Lipinski definition) is 0. The van der Waals surface area contributed by atoms with E-state index >= 15 is 0 Å². The third kappa shape index (κ3) is 4.30. The lowest BCUT2D eigenvalue weighted by molar-refractivity contribution is 0.426. The normalized spacial score (nSPS) is 12.0. The summed E-state index contributed by atoms with van der Waals surface area (Å²) in [7, 11) is -0.361. The smallest absolute Gasteiger partial charge is 0.268 e. The van der Waals surface area contributed by atoms with Gasteiger partial charge in [-0.25, -0.2) is 12.7 Å². The van der Waals surface area contributed by atoms with E-state index < -0.39 is 10.0 Å². The zero-order valence-electron chi connectivity index (χ0n) is 13.7. The monoisotopic (exact) mass is 395 g/mol. The Morgan fingerprint density at radius 3 is 2.76 bits per heavy atom. The van der Waals surface area contributed by atoms with Gasteiger partial charge in [0.2, 0.25) is 10.0 Å². The highest BCUT2D eigenvalue weighted by molar-refractivity contribution is 7.97. The third-order valence-corrected chi connectivity index (χ3v) is 7.05. The van der Waals surface area contributed by atoms with Gasteiger partial charge in [-0.1, -0.05) is 23.4 Å². The summed E-state index contributed by atoms with van der Waals surface area (Å²) in [4.78, 5) is 5.62. The molecule has 9 heteroatoms. The number of thioether (sulfide) groups is 1. The van der Waals surface area contributed by atoms with E-state index in [0.29, 0.717) is 28.1 Å². The Kier molecular flexibility index (Phi) is 5.57. The predicted molar refractivity (Wildman–Crippen MR) is 99.9 cm³/mol. The Morgan fingerprint density at radius 2 is 2.04 bits per heavy atom. The summed E-state index contributed by atoms with van der Waals surface area (Å²) in [5, 5.41) is 5.94. The van der Waals surface area contributed by atoms with Crippen molar-refractivity contribution >= 4 is 33.1 Å². The Bertz CT molecular complexity index is 934. The molecule has 0 fully saturated rings. The summed E-state index contributed by atoms with van der Waals surface area (Å²) in [6, 6.07) is 10.9. The van der Waals surface area contributed by atoms with Crippen LogP contribution in [0, 0.1) is 0 Å². The topological polar surface area (TPSA) is 76.3 Å². The molecule has 0 saturated heterocycles. The van der Waals surface area contributed by atoms with E-state index in [-0.39, 0.29) is 0 Å². The second-order valence-electron chi connectivity index (χ2n) is 5.42. The fourth-order valence-electron chi connectivity index (χ4n) is 2.08. The van der Waals surface area contributed by atoms with Gasteiger partial charge in [0.15, 0.2) is 5.82 Å². The fraction of sp³-hybridized carbons (Fsp3) is 0.250. The molecular weight excluding hydrogens is 378 g/mol. The Morgan fingerprint density at radius 1 is 1.20 bits per heavy atom.